The third-order valence-corrected chi connectivity index (χ3v) is 1.55. The second-order valence-electron chi connectivity index (χ2n) is 2.96. The Kier molecular flexibility index (Phi) is 7.56. The molecule has 0 fully saturated rings. The number of allylic oxidation sites excluding steroid dienone is 1. The van der Waals surface area contributed by atoms with E-state index >= 15 is 0 Å². The average Bonchev–Trinajstić information content (AvgIpc) is 2.18. The fraction of sp³-hybridized carbons (Fsp3) is 0.333. The molecule has 2 nitrogen and oxygen atoms in total. The number of hydrogen-bond acceptors (Lipinski definition) is 2. The molecule has 1 aromatic carbocycles. The molecule has 78 valence electrons. The smallest absolute Gasteiger partial charge is 0.0854 e. The fourth-order valence-corrected chi connectivity index (χ4v) is 0.933. The molecule has 0 aliphatic rings. The monoisotopic (exact) mass is 193 g/mol. The second kappa shape index (κ2) is 8.32. The summed E-state index contributed by atoms with van der Waals surface area (Å²) in [5, 5.41) is 8.82. The normalized spacial score (nSPS) is 8.71. The summed E-state index contributed by atoms with van der Waals surface area (Å²) in [6.45, 7) is 6.08. The highest BCUT2D eigenvalue weighted by Crippen LogP contribution is 2.04. The van der Waals surface area contributed by atoms with Crippen molar-refractivity contribution in [2.45, 2.75) is 19.8 Å². The maximum Gasteiger partial charge on any atom is 0.0854 e. The number of rotatable bonds is 3. The number of hydrogen-bond donors (Lipinski definition) is 2. The predicted molar refractivity (Wildman–Crippen MR) is 61.3 cm³/mol. The Hall–Kier alpha value is -1.28. The number of aliphatic hydroxyl groups excluding tert-OH is 1. The van der Waals surface area contributed by atoms with Gasteiger partial charge in [-0.2, -0.15) is 0 Å². The summed E-state index contributed by atoms with van der Waals surface area (Å²) < 4.78 is 0. The SMILES string of the molecule is C=C(O)CCc1ccccc1.CCN. The maximum atomic E-state index is 8.82. The lowest BCUT2D eigenvalue weighted by molar-refractivity contribution is 0.391. The van der Waals surface area contributed by atoms with Crippen LogP contribution in [0.2, 0.25) is 0 Å². The van der Waals surface area contributed by atoms with Crippen molar-refractivity contribution < 1.29 is 5.11 Å². The van der Waals surface area contributed by atoms with E-state index in [-0.39, 0.29) is 5.76 Å². The Balaban J connectivity index is 0.000000500. The minimum atomic E-state index is 0.258. The Morgan fingerprint density at radius 1 is 1.36 bits per heavy atom. The first-order chi connectivity index (χ1) is 6.70. The zero-order valence-electron chi connectivity index (χ0n) is 8.74. The summed E-state index contributed by atoms with van der Waals surface area (Å²) in [6, 6.07) is 10.1. The van der Waals surface area contributed by atoms with Gasteiger partial charge in [0.1, 0.15) is 0 Å². The molecule has 0 saturated heterocycles. The minimum absolute atomic E-state index is 0.258. The third kappa shape index (κ3) is 7.37. The van der Waals surface area contributed by atoms with Gasteiger partial charge in [-0.15, -0.1) is 0 Å². The number of aliphatic hydroxyl groups is 1. The van der Waals surface area contributed by atoms with Gasteiger partial charge in [0.15, 0.2) is 0 Å². The molecule has 3 N–H and O–H groups in total. The van der Waals surface area contributed by atoms with Crippen LogP contribution in [0, 0.1) is 0 Å². The van der Waals surface area contributed by atoms with Crippen molar-refractivity contribution in [1.29, 1.82) is 0 Å². The van der Waals surface area contributed by atoms with Crippen LogP contribution in [0.1, 0.15) is 18.9 Å². The number of benzene rings is 1. The van der Waals surface area contributed by atoms with Crippen molar-refractivity contribution in [3.63, 3.8) is 0 Å². The zero-order valence-corrected chi connectivity index (χ0v) is 8.74. The lowest BCUT2D eigenvalue weighted by atomic mass is 10.1. The summed E-state index contributed by atoms with van der Waals surface area (Å²) in [7, 11) is 0. The Morgan fingerprint density at radius 3 is 2.29 bits per heavy atom. The Bertz CT molecular complexity index is 244. The van der Waals surface area contributed by atoms with E-state index in [1.807, 2.05) is 37.3 Å². The highest BCUT2D eigenvalue weighted by atomic mass is 16.3. The standard InChI is InChI=1S/C10H12O.C2H7N/c1-9(11)7-8-10-5-3-2-4-6-10;1-2-3/h2-6,11H,1,7-8H2;2-3H2,1H3. The van der Waals surface area contributed by atoms with Gasteiger partial charge in [-0.1, -0.05) is 43.8 Å². The van der Waals surface area contributed by atoms with E-state index in [0.717, 1.165) is 13.0 Å². The summed E-state index contributed by atoms with van der Waals surface area (Å²) in [6.07, 6.45) is 1.53. The van der Waals surface area contributed by atoms with Gasteiger partial charge in [0.05, 0.1) is 5.76 Å². The highest BCUT2D eigenvalue weighted by molar-refractivity contribution is 5.15. The molecule has 0 heterocycles. The van der Waals surface area contributed by atoms with E-state index in [4.69, 9.17) is 10.8 Å². The highest BCUT2D eigenvalue weighted by Gasteiger charge is 1.91. The molecular weight excluding hydrogens is 174 g/mol. The summed E-state index contributed by atoms with van der Waals surface area (Å²) in [5.74, 6) is 0.258. The van der Waals surface area contributed by atoms with Gasteiger partial charge < -0.3 is 10.8 Å². The van der Waals surface area contributed by atoms with Crippen LogP contribution >= 0.6 is 0 Å². The summed E-state index contributed by atoms with van der Waals surface area (Å²) >= 11 is 0. The minimum Gasteiger partial charge on any atom is -0.513 e. The summed E-state index contributed by atoms with van der Waals surface area (Å²) in [4.78, 5) is 0. The molecule has 0 radical (unpaired) electrons. The zero-order chi connectivity index (χ0) is 10.8. The van der Waals surface area contributed by atoms with E-state index in [0.29, 0.717) is 6.42 Å². The average molecular weight is 193 g/mol. The van der Waals surface area contributed by atoms with Gasteiger partial charge in [0.2, 0.25) is 0 Å². The molecule has 14 heavy (non-hydrogen) atoms. The van der Waals surface area contributed by atoms with Crippen molar-refractivity contribution >= 4 is 0 Å². The van der Waals surface area contributed by atoms with Crippen LogP contribution < -0.4 is 5.73 Å². The fourth-order valence-electron chi connectivity index (χ4n) is 0.933. The van der Waals surface area contributed by atoms with Gasteiger partial charge in [-0.05, 0) is 18.5 Å². The molecule has 0 amide bonds. The molecule has 0 atom stereocenters. The molecule has 0 aromatic heterocycles. The molecule has 0 saturated carbocycles. The van der Waals surface area contributed by atoms with Crippen LogP contribution in [-0.4, -0.2) is 11.7 Å². The first kappa shape index (κ1) is 12.7. The van der Waals surface area contributed by atoms with E-state index in [2.05, 4.69) is 6.58 Å². The quantitative estimate of drug-likeness (QED) is 0.725. The van der Waals surface area contributed by atoms with Crippen molar-refractivity contribution in [3.05, 3.63) is 48.2 Å². The third-order valence-electron chi connectivity index (χ3n) is 1.55. The lowest BCUT2D eigenvalue weighted by Gasteiger charge is -1.98. The molecule has 0 spiro atoms. The van der Waals surface area contributed by atoms with Crippen molar-refractivity contribution in [3.8, 4) is 0 Å². The topological polar surface area (TPSA) is 46.2 Å². The van der Waals surface area contributed by atoms with Crippen LogP contribution in [0.4, 0.5) is 0 Å². The molecular formula is C12H19NO. The molecule has 2 heteroatoms. The molecule has 0 aliphatic carbocycles. The lowest BCUT2D eigenvalue weighted by Crippen LogP contribution is -1.87. The van der Waals surface area contributed by atoms with Crippen LogP contribution in [-0.2, 0) is 6.42 Å². The van der Waals surface area contributed by atoms with Crippen LogP contribution in [0.5, 0.6) is 0 Å². The molecule has 1 rings (SSSR count). The van der Waals surface area contributed by atoms with E-state index in [1.165, 1.54) is 5.56 Å². The van der Waals surface area contributed by atoms with Crippen LogP contribution in [0.25, 0.3) is 0 Å². The van der Waals surface area contributed by atoms with Gasteiger partial charge in [0.25, 0.3) is 0 Å². The molecule has 1 aromatic rings. The largest absolute Gasteiger partial charge is 0.513 e. The predicted octanol–water partition coefficient (Wildman–Crippen LogP) is 2.66. The number of nitrogens with two attached hydrogens (primary N) is 1. The molecule has 0 bridgehead atoms. The molecule has 0 aliphatic heterocycles. The Morgan fingerprint density at radius 2 is 1.86 bits per heavy atom. The van der Waals surface area contributed by atoms with Gasteiger partial charge in [0, 0.05) is 6.42 Å². The van der Waals surface area contributed by atoms with Gasteiger partial charge >= 0.3 is 0 Å². The van der Waals surface area contributed by atoms with E-state index in [9.17, 15) is 0 Å². The van der Waals surface area contributed by atoms with E-state index < -0.39 is 0 Å². The molecule has 0 unspecified atom stereocenters. The van der Waals surface area contributed by atoms with Gasteiger partial charge in [-0.25, -0.2) is 0 Å². The first-order valence-electron chi connectivity index (χ1n) is 4.81. The van der Waals surface area contributed by atoms with Crippen molar-refractivity contribution in [1.82, 2.24) is 0 Å². The van der Waals surface area contributed by atoms with Crippen LogP contribution in [0.3, 0.4) is 0 Å². The summed E-state index contributed by atoms with van der Waals surface area (Å²) in [5.41, 5.74) is 6.09. The first-order valence-corrected chi connectivity index (χ1v) is 4.81. The Labute approximate surface area is 86.1 Å². The second-order valence-corrected chi connectivity index (χ2v) is 2.96. The number of aryl methyl sites for hydroxylation is 1. The van der Waals surface area contributed by atoms with Gasteiger partial charge in [-0.3, -0.25) is 0 Å². The van der Waals surface area contributed by atoms with Crippen molar-refractivity contribution in [2.75, 3.05) is 6.54 Å². The van der Waals surface area contributed by atoms with Crippen LogP contribution in [0.15, 0.2) is 42.7 Å². The maximum absolute atomic E-state index is 8.82. The van der Waals surface area contributed by atoms with Crippen molar-refractivity contribution in [2.24, 2.45) is 5.73 Å². The van der Waals surface area contributed by atoms with E-state index in [1.54, 1.807) is 0 Å².